The number of hydrogen-bond donors (Lipinski definition) is 1. The number of hydrogen-bond acceptors (Lipinski definition) is 4. The van der Waals surface area contributed by atoms with E-state index in [9.17, 15) is 0 Å². The lowest BCUT2D eigenvalue weighted by Gasteiger charge is -2.27. The van der Waals surface area contributed by atoms with Crippen molar-refractivity contribution < 1.29 is 0 Å². The number of anilines is 1. The molecule has 0 unspecified atom stereocenters. The molecular formula is C14H17N5. The minimum atomic E-state index is 0.893. The fraction of sp³-hybridized carbons (Fsp3) is 0.429. The van der Waals surface area contributed by atoms with Gasteiger partial charge in [0.25, 0.3) is 0 Å². The Hall–Kier alpha value is -1.88. The van der Waals surface area contributed by atoms with Crippen molar-refractivity contribution in [3.05, 3.63) is 41.5 Å². The van der Waals surface area contributed by atoms with Crippen LogP contribution in [0.3, 0.4) is 0 Å². The highest BCUT2D eigenvalue weighted by molar-refractivity contribution is 5.61. The van der Waals surface area contributed by atoms with Gasteiger partial charge in [0.1, 0.15) is 12.2 Å². The van der Waals surface area contributed by atoms with Crippen molar-refractivity contribution in [2.75, 3.05) is 18.4 Å². The van der Waals surface area contributed by atoms with Gasteiger partial charge in [0, 0.05) is 31.9 Å². The van der Waals surface area contributed by atoms with Gasteiger partial charge in [0.2, 0.25) is 0 Å². The first-order valence-corrected chi connectivity index (χ1v) is 6.84. The highest BCUT2D eigenvalue weighted by Crippen LogP contribution is 2.28. The van der Waals surface area contributed by atoms with Gasteiger partial charge in [-0.15, -0.1) is 10.2 Å². The summed E-state index contributed by atoms with van der Waals surface area (Å²) in [7, 11) is 0. The molecule has 5 heteroatoms. The summed E-state index contributed by atoms with van der Waals surface area (Å²) in [6.07, 6.45) is 2.98. The summed E-state index contributed by atoms with van der Waals surface area (Å²) in [6, 6.07) is 6.63. The SMILES string of the molecule is c1cc2c(c(CN3CCn4cnnc4C3)c1)NCC2. The third kappa shape index (κ3) is 1.90. The van der Waals surface area contributed by atoms with E-state index in [4.69, 9.17) is 0 Å². The van der Waals surface area contributed by atoms with Crippen LogP contribution in [0.5, 0.6) is 0 Å². The second-order valence-corrected chi connectivity index (χ2v) is 5.28. The van der Waals surface area contributed by atoms with Gasteiger partial charge in [-0.2, -0.15) is 0 Å². The Labute approximate surface area is 112 Å². The van der Waals surface area contributed by atoms with Gasteiger partial charge in [-0.1, -0.05) is 18.2 Å². The highest BCUT2D eigenvalue weighted by Gasteiger charge is 2.20. The zero-order chi connectivity index (χ0) is 12.7. The van der Waals surface area contributed by atoms with Crippen molar-refractivity contribution >= 4 is 5.69 Å². The smallest absolute Gasteiger partial charge is 0.147 e. The number of rotatable bonds is 2. The van der Waals surface area contributed by atoms with Gasteiger partial charge in [-0.25, -0.2) is 0 Å². The first-order valence-electron chi connectivity index (χ1n) is 6.84. The van der Waals surface area contributed by atoms with Crippen LogP contribution in [0.15, 0.2) is 24.5 Å². The van der Waals surface area contributed by atoms with E-state index in [1.807, 2.05) is 6.33 Å². The quantitative estimate of drug-likeness (QED) is 0.877. The molecule has 0 aliphatic carbocycles. The lowest BCUT2D eigenvalue weighted by Crippen LogP contribution is -2.33. The standard InChI is InChI=1S/C14H17N5/c1-2-11-4-5-15-14(11)12(3-1)8-18-6-7-19-10-16-17-13(19)9-18/h1-3,10,15H,4-9H2. The Kier molecular flexibility index (Phi) is 2.51. The molecule has 1 aromatic heterocycles. The van der Waals surface area contributed by atoms with Crippen LogP contribution in [0.25, 0.3) is 0 Å². The van der Waals surface area contributed by atoms with Crippen molar-refractivity contribution in [1.29, 1.82) is 0 Å². The molecular weight excluding hydrogens is 238 g/mol. The number of nitrogens with zero attached hydrogens (tertiary/aromatic N) is 4. The molecule has 3 heterocycles. The topological polar surface area (TPSA) is 46.0 Å². The molecule has 98 valence electrons. The molecule has 0 fully saturated rings. The first kappa shape index (κ1) is 11.0. The maximum absolute atomic E-state index is 4.18. The molecule has 0 bridgehead atoms. The zero-order valence-electron chi connectivity index (χ0n) is 10.8. The lowest BCUT2D eigenvalue weighted by atomic mass is 10.1. The zero-order valence-corrected chi connectivity index (χ0v) is 10.8. The van der Waals surface area contributed by atoms with Gasteiger partial charge >= 0.3 is 0 Å². The van der Waals surface area contributed by atoms with E-state index >= 15 is 0 Å². The van der Waals surface area contributed by atoms with Crippen LogP contribution >= 0.6 is 0 Å². The van der Waals surface area contributed by atoms with E-state index in [-0.39, 0.29) is 0 Å². The third-order valence-corrected chi connectivity index (χ3v) is 4.04. The van der Waals surface area contributed by atoms with Crippen LogP contribution in [0.1, 0.15) is 17.0 Å². The minimum Gasteiger partial charge on any atom is -0.384 e. The number of benzene rings is 1. The average molecular weight is 255 g/mol. The predicted octanol–water partition coefficient (Wildman–Crippen LogP) is 1.26. The van der Waals surface area contributed by atoms with Crippen molar-refractivity contribution in [3.63, 3.8) is 0 Å². The monoisotopic (exact) mass is 255 g/mol. The Morgan fingerprint density at radius 1 is 1.26 bits per heavy atom. The van der Waals surface area contributed by atoms with Gasteiger partial charge in [-0.05, 0) is 17.5 Å². The summed E-state index contributed by atoms with van der Waals surface area (Å²) in [5.41, 5.74) is 4.22. The predicted molar refractivity (Wildman–Crippen MR) is 72.8 cm³/mol. The summed E-state index contributed by atoms with van der Waals surface area (Å²) >= 11 is 0. The van der Waals surface area contributed by atoms with Crippen LogP contribution in [0, 0.1) is 0 Å². The van der Waals surface area contributed by atoms with Crippen LogP contribution in [0.4, 0.5) is 5.69 Å². The maximum Gasteiger partial charge on any atom is 0.147 e. The van der Waals surface area contributed by atoms with Crippen LogP contribution in [-0.2, 0) is 26.1 Å². The Bertz CT molecular complexity index is 604. The molecule has 1 aromatic carbocycles. The number of fused-ring (bicyclic) bond motifs is 2. The molecule has 4 rings (SSSR count). The molecule has 2 aliphatic heterocycles. The van der Waals surface area contributed by atoms with E-state index in [1.165, 1.54) is 16.8 Å². The molecule has 0 saturated heterocycles. The summed E-state index contributed by atoms with van der Waals surface area (Å²) < 4.78 is 2.14. The molecule has 0 radical (unpaired) electrons. The number of aromatic nitrogens is 3. The summed E-state index contributed by atoms with van der Waals surface area (Å²) in [5.74, 6) is 1.08. The van der Waals surface area contributed by atoms with Crippen molar-refractivity contribution in [1.82, 2.24) is 19.7 Å². The Morgan fingerprint density at radius 3 is 3.26 bits per heavy atom. The second kappa shape index (κ2) is 4.35. The molecule has 5 nitrogen and oxygen atoms in total. The second-order valence-electron chi connectivity index (χ2n) is 5.28. The Balaban J connectivity index is 1.55. The van der Waals surface area contributed by atoms with Gasteiger partial charge in [0.05, 0.1) is 6.54 Å². The summed E-state index contributed by atoms with van der Waals surface area (Å²) in [4.78, 5) is 2.44. The molecule has 0 saturated carbocycles. The van der Waals surface area contributed by atoms with E-state index in [0.29, 0.717) is 0 Å². The number of para-hydroxylation sites is 1. The molecule has 1 N–H and O–H groups in total. The van der Waals surface area contributed by atoms with Crippen molar-refractivity contribution in [2.24, 2.45) is 0 Å². The maximum atomic E-state index is 4.18. The molecule has 0 spiro atoms. The fourth-order valence-electron chi connectivity index (χ4n) is 3.03. The lowest BCUT2D eigenvalue weighted by molar-refractivity contribution is 0.209. The fourth-order valence-corrected chi connectivity index (χ4v) is 3.03. The molecule has 2 aromatic rings. The largest absolute Gasteiger partial charge is 0.384 e. The molecule has 19 heavy (non-hydrogen) atoms. The highest BCUT2D eigenvalue weighted by atomic mass is 15.3. The number of nitrogens with one attached hydrogen (secondary N) is 1. The van der Waals surface area contributed by atoms with Gasteiger partial charge in [0.15, 0.2) is 0 Å². The van der Waals surface area contributed by atoms with Crippen LogP contribution in [0.2, 0.25) is 0 Å². The average Bonchev–Trinajstić information content (AvgIpc) is 3.06. The third-order valence-electron chi connectivity index (χ3n) is 4.04. The van der Waals surface area contributed by atoms with Crippen LogP contribution in [-0.4, -0.2) is 32.8 Å². The molecule has 0 atom stereocenters. The Morgan fingerprint density at radius 2 is 2.26 bits per heavy atom. The van der Waals surface area contributed by atoms with E-state index < -0.39 is 0 Å². The van der Waals surface area contributed by atoms with E-state index in [2.05, 4.69) is 43.2 Å². The van der Waals surface area contributed by atoms with Crippen molar-refractivity contribution in [3.8, 4) is 0 Å². The molecule has 2 aliphatic rings. The molecule has 0 amide bonds. The summed E-state index contributed by atoms with van der Waals surface area (Å²) in [5, 5.41) is 11.7. The van der Waals surface area contributed by atoms with E-state index in [1.54, 1.807) is 0 Å². The van der Waals surface area contributed by atoms with Gasteiger partial charge in [-0.3, -0.25) is 4.90 Å². The van der Waals surface area contributed by atoms with Crippen LogP contribution < -0.4 is 5.32 Å². The normalized spacial score (nSPS) is 17.9. The van der Waals surface area contributed by atoms with Gasteiger partial charge < -0.3 is 9.88 Å². The minimum absolute atomic E-state index is 0.893. The van der Waals surface area contributed by atoms with Crippen molar-refractivity contribution in [2.45, 2.75) is 26.1 Å². The first-order chi connectivity index (χ1) is 9.40. The summed E-state index contributed by atoms with van der Waals surface area (Å²) in [6.45, 7) is 5.01. The van der Waals surface area contributed by atoms with E-state index in [0.717, 1.165) is 45.0 Å².